The molecule has 0 aromatic carbocycles. The fourth-order valence-corrected chi connectivity index (χ4v) is 0.649. The zero-order valence-electron chi connectivity index (χ0n) is 6.97. The van der Waals surface area contributed by atoms with E-state index >= 15 is 0 Å². The molecule has 0 saturated heterocycles. The van der Waals surface area contributed by atoms with Crippen molar-refractivity contribution in [3.63, 3.8) is 0 Å². The van der Waals surface area contributed by atoms with Gasteiger partial charge in [-0.3, -0.25) is 0 Å². The van der Waals surface area contributed by atoms with Crippen LogP contribution < -0.4 is 10.6 Å². The minimum absolute atomic E-state index is 0.360. The van der Waals surface area contributed by atoms with Crippen LogP contribution in [0.25, 0.3) is 0 Å². The average Bonchev–Trinajstić information content (AvgIpc) is 2.05. The quantitative estimate of drug-likeness (QED) is 0.565. The van der Waals surface area contributed by atoms with Crippen LogP contribution in [-0.4, -0.2) is 37.6 Å². The average molecular weight is 159 g/mol. The molecule has 0 aromatic heterocycles. The van der Waals surface area contributed by atoms with Crippen molar-refractivity contribution in [1.82, 2.24) is 15.5 Å². The third kappa shape index (κ3) is 2.45. The van der Waals surface area contributed by atoms with Crippen molar-refractivity contribution in [3.05, 3.63) is 0 Å². The molecule has 0 atom stereocenters. The van der Waals surface area contributed by atoms with E-state index in [-0.39, 0.29) is 0 Å². The lowest BCUT2D eigenvalue weighted by molar-refractivity contribution is 0.190. The fourth-order valence-electron chi connectivity index (χ4n) is 0.649. The summed E-state index contributed by atoms with van der Waals surface area (Å²) in [7, 11) is 2.96. The van der Waals surface area contributed by atoms with Crippen molar-refractivity contribution < 1.29 is 9.59 Å². The third-order valence-corrected chi connectivity index (χ3v) is 1.23. The number of nitrogens with zero attached hydrogens (tertiary/aromatic N) is 1. The second-order valence-corrected chi connectivity index (χ2v) is 1.85. The van der Waals surface area contributed by atoms with Crippen LogP contribution in [0.4, 0.5) is 9.59 Å². The molecule has 0 aliphatic heterocycles. The van der Waals surface area contributed by atoms with Crippen molar-refractivity contribution >= 4 is 12.1 Å². The van der Waals surface area contributed by atoms with E-state index in [1.807, 2.05) is 0 Å². The third-order valence-electron chi connectivity index (χ3n) is 1.23. The first-order valence-electron chi connectivity index (χ1n) is 3.38. The molecule has 0 aliphatic rings. The summed E-state index contributed by atoms with van der Waals surface area (Å²) >= 11 is 0. The van der Waals surface area contributed by atoms with Gasteiger partial charge in [-0.2, -0.15) is 0 Å². The predicted molar refractivity (Wildman–Crippen MR) is 41.3 cm³/mol. The van der Waals surface area contributed by atoms with E-state index in [0.29, 0.717) is 6.54 Å². The number of urea groups is 2. The van der Waals surface area contributed by atoms with Gasteiger partial charge in [0.1, 0.15) is 0 Å². The monoisotopic (exact) mass is 159 g/mol. The van der Waals surface area contributed by atoms with E-state index < -0.39 is 12.1 Å². The molecule has 0 heterocycles. The van der Waals surface area contributed by atoms with Crippen LogP contribution in [0.1, 0.15) is 6.92 Å². The summed E-state index contributed by atoms with van der Waals surface area (Å²) in [6, 6.07) is -0.793. The Labute approximate surface area is 65.7 Å². The summed E-state index contributed by atoms with van der Waals surface area (Å²) in [6.45, 7) is 2.09. The van der Waals surface area contributed by atoms with Gasteiger partial charge in [-0.25, -0.2) is 14.5 Å². The second-order valence-electron chi connectivity index (χ2n) is 1.85. The van der Waals surface area contributed by atoms with Gasteiger partial charge < -0.3 is 10.6 Å². The minimum Gasteiger partial charge on any atom is -0.341 e. The van der Waals surface area contributed by atoms with Crippen molar-refractivity contribution in [2.24, 2.45) is 0 Å². The van der Waals surface area contributed by atoms with Crippen molar-refractivity contribution in [3.8, 4) is 0 Å². The van der Waals surface area contributed by atoms with Gasteiger partial charge >= 0.3 is 12.1 Å². The van der Waals surface area contributed by atoms with E-state index in [9.17, 15) is 9.59 Å². The Hall–Kier alpha value is -1.26. The van der Waals surface area contributed by atoms with E-state index in [2.05, 4.69) is 10.6 Å². The van der Waals surface area contributed by atoms with Crippen molar-refractivity contribution in [2.45, 2.75) is 6.92 Å². The van der Waals surface area contributed by atoms with Crippen LogP contribution in [0.3, 0.4) is 0 Å². The smallest absolute Gasteiger partial charge is 0.325 e. The van der Waals surface area contributed by atoms with Gasteiger partial charge in [0.15, 0.2) is 0 Å². The molecule has 0 unspecified atom stereocenters. The van der Waals surface area contributed by atoms with Gasteiger partial charge in [-0.05, 0) is 6.92 Å². The zero-order chi connectivity index (χ0) is 8.85. The molecular formula is C6H13N3O2. The van der Waals surface area contributed by atoms with Crippen LogP contribution in [0.2, 0.25) is 0 Å². The first-order chi connectivity index (χ1) is 5.17. The molecule has 64 valence electrons. The molecule has 0 aromatic rings. The maximum absolute atomic E-state index is 10.9. The number of imide groups is 1. The Balaban J connectivity index is 4.15. The van der Waals surface area contributed by atoms with Crippen LogP contribution in [-0.2, 0) is 0 Å². The lowest BCUT2D eigenvalue weighted by atomic mass is 10.6. The number of amides is 4. The highest BCUT2D eigenvalue weighted by molar-refractivity contribution is 5.93. The highest BCUT2D eigenvalue weighted by Gasteiger charge is 2.15. The Morgan fingerprint density at radius 3 is 1.73 bits per heavy atom. The normalized spacial score (nSPS) is 8.64. The highest BCUT2D eigenvalue weighted by Crippen LogP contribution is 1.88. The Bertz CT molecular complexity index is 142. The number of nitrogens with one attached hydrogen (secondary N) is 2. The van der Waals surface area contributed by atoms with Crippen LogP contribution >= 0.6 is 0 Å². The van der Waals surface area contributed by atoms with Crippen molar-refractivity contribution in [2.75, 3.05) is 20.6 Å². The Kier molecular flexibility index (Phi) is 4.02. The van der Waals surface area contributed by atoms with Gasteiger partial charge in [0, 0.05) is 20.6 Å². The molecule has 0 aliphatic carbocycles. The summed E-state index contributed by atoms with van der Waals surface area (Å²) in [5.74, 6) is 0. The van der Waals surface area contributed by atoms with Gasteiger partial charge in [-0.1, -0.05) is 0 Å². The molecule has 0 spiro atoms. The largest absolute Gasteiger partial charge is 0.341 e. The number of carbonyl (C=O) groups is 2. The molecule has 0 radical (unpaired) electrons. The molecular weight excluding hydrogens is 146 g/mol. The zero-order valence-corrected chi connectivity index (χ0v) is 6.97. The molecule has 0 bridgehead atoms. The summed E-state index contributed by atoms with van der Waals surface area (Å²) < 4.78 is 0. The Morgan fingerprint density at radius 1 is 1.18 bits per heavy atom. The van der Waals surface area contributed by atoms with Gasteiger partial charge in [-0.15, -0.1) is 0 Å². The maximum Gasteiger partial charge on any atom is 0.325 e. The molecule has 4 amide bonds. The van der Waals surface area contributed by atoms with Crippen molar-refractivity contribution in [1.29, 1.82) is 0 Å². The molecule has 0 fully saturated rings. The Morgan fingerprint density at radius 2 is 1.55 bits per heavy atom. The molecule has 11 heavy (non-hydrogen) atoms. The van der Waals surface area contributed by atoms with Gasteiger partial charge in [0.25, 0.3) is 0 Å². The number of rotatable bonds is 1. The van der Waals surface area contributed by atoms with Crippen LogP contribution in [0.5, 0.6) is 0 Å². The summed E-state index contributed by atoms with van der Waals surface area (Å²) in [4.78, 5) is 22.9. The first-order valence-corrected chi connectivity index (χ1v) is 3.38. The van der Waals surface area contributed by atoms with Crippen LogP contribution in [0, 0.1) is 0 Å². The molecule has 5 heteroatoms. The number of hydrogen-bond acceptors (Lipinski definition) is 2. The number of carbonyl (C=O) groups excluding carboxylic acids is 2. The predicted octanol–water partition coefficient (Wildman–Crippen LogP) is -0.0129. The van der Waals surface area contributed by atoms with Gasteiger partial charge in [0.05, 0.1) is 0 Å². The lowest BCUT2D eigenvalue weighted by Gasteiger charge is -2.16. The second kappa shape index (κ2) is 4.54. The topological polar surface area (TPSA) is 61.4 Å². The number of hydrogen-bond donors (Lipinski definition) is 2. The SMILES string of the molecule is CCN(C(=O)NC)C(=O)NC. The van der Waals surface area contributed by atoms with E-state index in [0.717, 1.165) is 4.90 Å². The fraction of sp³-hybridized carbons (Fsp3) is 0.667. The lowest BCUT2D eigenvalue weighted by Crippen LogP contribution is -2.46. The molecule has 2 N–H and O–H groups in total. The van der Waals surface area contributed by atoms with E-state index in [1.165, 1.54) is 14.1 Å². The molecule has 5 nitrogen and oxygen atoms in total. The summed E-state index contributed by atoms with van der Waals surface area (Å²) in [6.07, 6.45) is 0. The molecule has 0 saturated carbocycles. The minimum atomic E-state index is -0.396. The maximum atomic E-state index is 10.9. The standard InChI is InChI=1S/C6H13N3O2/c1-4-9(5(10)7-2)6(11)8-3/h4H2,1-3H3,(H,7,10)(H,8,11). The first kappa shape index (κ1) is 9.74. The highest BCUT2D eigenvalue weighted by atomic mass is 16.2. The summed E-state index contributed by atoms with van der Waals surface area (Å²) in [5, 5.41) is 4.71. The van der Waals surface area contributed by atoms with Crippen LogP contribution in [0.15, 0.2) is 0 Å². The van der Waals surface area contributed by atoms with Gasteiger partial charge in [0.2, 0.25) is 0 Å². The summed E-state index contributed by atoms with van der Waals surface area (Å²) in [5.41, 5.74) is 0. The van der Waals surface area contributed by atoms with E-state index in [1.54, 1.807) is 6.92 Å². The molecule has 0 rings (SSSR count). The van der Waals surface area contributed by atoms with E-state index in [4.69, 9.17) is 0 Å².